The van der Waals surface area contributed by atoms with Gasteiger partial charge in [0.25, 0.3) is 0 Å². The Kier molecular flexibility index (Phi) is 7.26. The maximum Gasteiger partial charge on any atom is 0.316 e. The topological polar surface area (TPSA) is 20.3 Å². The highest BCUT2D eigenvalue weighted by atomic mass is 35.5. The highest BCUT2D eigenvalue weighted by Crippen LogP contribution is 2.02. The summed E-state index contributed by atoms with van der Waals surface area (Å²) in [6, 6.07) is 0. The first-order valence-electron chi connectivity index (χ1n) is 4.66. The Labute approximate surface area is 79.9 Å². The van der Waals surface area contributed by atoms with E-state index in [0.29, 0.717) is 0 Å². The highest BCUT2D eigenvalue weighted by Gasteiger charge is 2.07. The molecule has 0 aliphatic heterocycles. The summed E-state index contributed by atoms with van der Waals surface area (Å²) in [5, 5.41) is -0.308. The predicted molar refractivity (Wildman–Crippen MR) is 52.6 cm³/mol. The number of amides is 1. The number of hydrogen-bond acceptors (Lipinski definition) is 1. The molecular weight excluding hydrogens is 174 g/mol. The van der Waals surface area contributed by atoms with Gasteiger partial charge in [0.15, 0.2) is 0 Å². The van der Waals surface area contributed by atoms with Gasteiger partial charge in [0, 0.05) is 13.1 Å². The molecule has 0 saturated heterocycles. The molecule has 12 heavy (non-hydrogen) atoms. The Bertz CT molecular complexity index is 120. The molecule has 0 aromatic heterocycles. The Morgan fingerprint density at radius 3 is 1.83 bits per heavy atom. The van der Waals surface area contributed by atoms with Gasteiger partial charge >= 0.3 is 5.37 Å². The van der Waals surface area contributed by atoms with Crippen LogP contribution in [0.5, 0.6) is 0 Å². The quantitative estimate of drug-likeness (QED) is 0.466. The maximum absolute atomic E-state index is 10.8. The van der Waals surface area contributed by atoms with Gasteiger partial charge in [-0.1, -0.05) is 26.7 Å². The Morgan fingerprint density at radius 1 is 1.17 bits per heavy atom. The molecule has 0 fully saturated rings. The number of carbonyl (C=O) groups excluding carboxylic acids is 1. The Morgan fingerprint density at radius 2 is 1.58 bits per heavy atom. The van der Waals surface area contributed by atoms with Gasteiger partial charge in [-0.15, -0.1) is 0 Å². The van der Waals surface area contributed by atoms with Gasteiger partial charge in [0.1, 0.15) is 0 Å². The number of carbonyl (C=O) groups is 1. The predicted octanol–water partition coefficient (Wildman–Crippen LogP) is 3.25. The van der Waals surface area contributed by atoms with Gasteiger partial charge in [0.05, 0.1) is 0 Å². The van der Waals surface area contributed by atoms with Crippen LogP contribution in [-0.2, 0) is 0 Å². The summed E-state index contributed by atoms with van der Waals surface area (Å²) < 4.78 is 0. The van der Waals surface area contributed by atoms with Gasteiger partial charge in [-0.3, -0.25) is 4.79 Å². The van der Waals surface area contributed by atoms with Crippen molar-refractivity contribution in [3.8, 4) is 0 Å². The minimum absolute atomic E-state index is 0.308. The summed E-state index contributed by atoms with van der Waals surface area (Å²) in [6.45, 7) is 5.82. The first-order valence-corrected chi connectivity index (χ1v) is 5.04. The molecule has 0 unspecified atom stereocenters. The fourth-order valence-corrected chi connectivity index (χ4v) is 1.15. The van der Waals surface area contributed by atoms with Crippen LogP contribution in [0.1, 0.15) is 39.5 Å². The molecule has 0 spiro atoms. The Balaban J connectivity index is 3.62. The second-order valence-electron chi connectivity index (χ2n) is 2.95. The van der Waals surface area contributed by atoms with Crippen LogP contribution < -0.4 is 0 Å². The van der Waals surface area contributed by atoms with Gasteiger partial charge in [-0.2, -0.15) is 0 Å². The molecule has 0 aliphatic rings. The SMILES string of the molecule is CCCCN(CCCC)C(=O)Cl. The molecule has 0 bridgehead atoms. The minimum Gasteiger partial charge on any atom is -0.329 e. The molecule has 0 N–H and O–H groups in total. The van der Waals surface area contributed by atoms with Crippen molar-refractivity contribution in [3.63, 3.8) is 0 Å². The van der Waals surface area contributed by atoms with E-state index in [2.05, 4.69) is 13.8 Å². The van der Waals surface area contributed by atoms with E-state index in [-0.39, 0.29) is 5.37 Å². The second-order valence-corrected chi connectivity index (χ2v) is 3.27. The summed E-state index contributed by atoms with van der Waals surface area (Å²) in [4.78, 5) is 12.6. The minimum atomic E-state index is -0.308. The largest absolute Gasteiger partial charge is 0.329 e. The number of nitrogens with zero attached hydrogens (tertiary/aromatic N) is 1. The first kappa shape index (κ1) is 11.8. The van der Waals surface area contributed by atoms with Crippen molar-refractivity contribution in [1.29, 1.82) is 0 Å². The zero-order valence-corrected chi connectivity index (χ0v) is 8.73. The van der Waals surface area contributed by atoms with Crippen LogP contribution in [-0.4, -0.2) is 23.4 Å². The molecule has 0 saturated carbocycles. The monoisotopic (exact) mass is 191 g/mol. The van der Waals surface area contributed by atoms with E-state index >= 15 is 0 Å². The van der Waals surface area contributed by atoms with Crippen LogP contribution in [0.2, 0.25) is 0 Å². The molecule has 0 heterocycles. The van der Waals surface area contributed by atoms with Crippen molar-refractivity contribution in [3.05, 3.63) is 0 Å². The van der Waals surface area contributed by atoms with Crippen molar-refractivity contribution in [2.45, 2.75) is 39.5 Å². The van der Waals surface area contributed by atoms with E-state index in [1.165, 1.54) is 0 Å². The number of halogens is 1. The maximum atomic E-state index is 10.8. The molecule has 0 radical (unpaired) electrons. The molecule has 2 nitrogen and oxygen atoms in total. The normalized spacial score (nSPS) is 9.92. The zero-order valence-electron chi connectivity index (χ0n) is 7.98. The number of rotatable bonds is 6. The van der Waals surface area contributed by atoms with Crippen LogP contribution in [0.15, 0.2) is 0 Å². The molecule has 0 rings (SSSR count). The summed E-state index contributed by atoms with van der Waals surface area (Å²) in [5.74, 6) is 0. The summed E-state index contributed by atoms with van der Waals surface area (Å²) in [5.41, 5.74) is 0. The third-order valence-corrected chi connectivity index (χ3v) is 2.05. The average molecular weight is 192 g/mol. The molecule has 0 aromatic carbocycles. The van der Waals surface area contributed by atoms with Crippen LogP contribution in [0.25, 0.3) is 0 Å². The molecule has 1 amide bonds. The van der Waals surface area contributed by atoms with Gasteiger partial charge in [0.2, 0.25) is 0 Å². The molecule has 0 aromatic rings. The fraction of sp³-hybridized carbons (Fsp3) is 0.889. The van der Waals surface area contributed by atoms with Crippen LogP contribution >= 0.6 is 11.6 Å². The lowest BCUT2D eigenvalue weighted by Gasteiger charge is -2.18. The number of hydrogen-bond donors (Lipinski definition) is 0. The van der Waals surface area contributed by atoms with E-state index in [4.69, 9.17) is 11.6 Å². The van der Waals surface area contributed by atoms with Crippen molar-refractivity contribution in [1.82, 2.24) is 4.90 Å². The standard InChI is InChI=1S/C9H18ClNO/c1-3-5-7-11(9(10)12)8-6-4-2/h3-8H2,1-2H3. The van der Waals surface area contributed by atoms with Gasteiger partial charge < -0.3 is 4.90 Å². The van der Waals surface area contributed by atoms with Gasteiger partial charge in [-0.25, -0.2) is 0 Å². The van der Waals surface area contributed by atoms with E-state index in [9.17, 15) is 4.79 Å². The van der Waals surface area contributed by atoms with Crippen molar-refractivity contribution in [2.75, 3.05) is 13.1 Å². The lowest BCUT2D eigenvalue weighted by atomic mass is 10.3. The third kappa shape index (κ3) is 5.42. The molecule has 0 aliphatic carbocycles. The first-order chi connectivity index (χ1) is 5.72. The third-order valence-electron chi connectivity index (χ3n) is 1.81. The molecule has 72 valence electrons. The summed E-state index contributed by atoms with van der Waals surface area (Å²) in [7, 11) is 0. The van der Waals surface area contributed by atoms with E-state index < -0.39 is 0 Å². The summed E-state index contributed by atoms with van der Waals surface area (Å²) in [6.07, 6.45) is 4.30. The number of unbranched alkanes of at least 4 members (excludes halogenated alkanes) is 2. The smallest absolute Gasteiger partial charge is 0.316 e. The van der Waals surface area contributed by atoms with Crippen molar-refractivity contribution < 1.29 is 4.79 Å². The highest BCUT2D eigenvalue weighted by molar-refractivity contribution is 6.62. The second kappa shape index (κ2) is 7.41. The van der Waals surface area contributed by atoms with Gasteiger partial charge in [-0.05, 0) is 24.4 Å². The van der Waals surface area contributed by atoms with Crippen LogP contribution in [0.4, 0.5) is 4.79 Å². The van der Waals surface area contributed by atoms with E-state index in [1.807, 2.05) is 0 Å². The lowest BCUT2D eigenvalue weighted by molar-refractivity contribution is 0.220. The van der Waals surface area contributed by atoms with Crippen LogP contribution in [0, 0.1) is 0 Å². The van der Waals surface area contributed by atoms with Crippen LogP contribution in [0.3, 0.4) is 0 Å². The van der Waals surface area contributed by atoms with Crippen molar-refractivity contribution in [2.24, 2.45) is 0 Å². The molecule has 3 heteroatoms. The fourth-order valence-electron chi connectivity index (χ4n) is 0.986. The molecule has 0 atom stereocenters. The summed E-state index contributed by atoms with van der Waals surface area (Å²) >= 11 is 5.40. The van der Waals surface area contributed by atoms with E-state index in [0.717, 1.165) is 38.8 Å². The van der Waals surface area contributed by atoms with Crippen molar-refractivity contribution >= 4 is 17.0 Å². The zero-order chi connectivity index (χ0) is 9.40. The Hall–Kier alpha value is -0.240. The molecular formula is C9H18ClNO. The lowest BCUT2D eigenvalue weighted by Crippen LogP contribution is -2.28. The van der Waals surface area contributed by atoms with E-state index in [1.54, 1.807) is 4.90 Å². The average Bonchev–Trinajstić information content (AvgIpc) is 2.04.